The molecule has 2 atom stereocenters. The third kappa shape index (κ3) is 4.19. The summed E-state index contributed by atoms with van der Waals surface area (Å²) in [6, 6.07) is 0.0602. The summed E-state index contributed by atoms with van der Waals surface area (Å²) in [5, 5.41) is 3.41. The maximum Gasteiger partial charge on any atom is 0.239 e. The predicted octanol–water partition coefficient (Wildman–Crippen LogP) is 1.56. The van der Waals surface area contributed by atoms with Gasteiger partial charge in [-0.3, -0.25) is 4.79 Å². The first-order chi connectivity index (χ1) is 9.60. The number of carbonyl (C=O) groups excluding carboxylic acids is 1. The van der Waals surface area contributed by atoms with Crippen LogP contribution in [0.15, 0.2) is 0 Å². The van der Waals surface area contributed by atoms with Gasteiger partial charge in [-0.1, -0.05) is 13.3 Å². The Morgan fingerprint density at radius 2 is 1.95 bits per heavy atom. The largest absolute Gasteiger partial charge is 0.344 e. The summed E-state index contributed by atoms with van der Waals surface area (Å²) < 4.78 is 0. The Hall–Kier alpha value is -0.610. The molecule has 2 saturated heterocycles. The highest BCUT2D eigenvalue weighted by Gasteiger charge is 2.29. The molecular weight excluding hydrogens is 250 g/mol. The van der Waals surface area contributed by atoms with Crippen molar-refractivity contribution in [2.24, 2.45) is 11.8 Å². The molecule has 0 aliphatic carbocycles. The molecule has 2 rings (SSSR count). The van der Waals surface area contributed by atoms with E-state index in [-0.39, 0.29) is 6.04 Å². The van der Waals surface area contributed by atoms with Crippen molar-refractivity contribution in [2.45, 2.75) is 45.1 Å². The van der Waals surface area contributed by atoms with E-state index in [1.807, 2.05) is 11.9 Å². The van der Waals surface area contributed by atoms with E-state index in [1.54, 1.807) is 0 Å². The van der Waals surface area contributed by atoms with Crippen LogP contribution in [0.2, 0.25) is 0 Å². The molecule has 0 aromatic carbocycles. The summed E-state index contributed by atoms with van der Waals surface area (Å²) in [7, 11) is 4.17. The molecule has 1 N–H and O–H groups in total. The number of hydrogen-bond acceptors (Lipinski definition) is 3. The summed E-state index contributed by atoms with van der Waals surface area (Å²) in [5.74, 6) is 1.72. The van der Waals surface area contributed by atoms with Crippen LogP contribution >= 0.6 is 0 Å². The third-order valence-corrected chi connectivity index (χ3v) is 5.13. The smallest absolute Gasteiger partial charge is 0.239 e. The minimum atomic E-state index is 0.0602. The molecule has 20 heavy (non-hydrogen) atoms. The van der Waals surface area contributed by atoms with Gasteiger partial charge in [-0.15, -0.1) is 0 Å². The molecule has 2 fully saturated rings. The van der Waals surface area contributed by atoms with Crippen LogP contribution in [0.3, 0.4) is 0 Å². The van der Waals surface area contributed by atoms with Crippen molar-refractivity contribution in [1.29, 1.82) is 0 Å². The molecule has 0 saturated carbocycles. The van der Waals surface area contributed by atoms with Gasteiger partial charge in [0, 0.05) is 13.6 Å². The number of nitrogens with zero attached hydrogens (tertiary/aromatic N) is 2. The number of carbonyl (C=O) groups is 1. The molecule has 0 aromatic rings. The molecule has 2 aliphatic heterocycles. The number of piperidine rings is 2. The van der Waals surface area contributed by atoms with Crippen LogP contribution in [0.1, 0.15) is 39.0 Å². The summed E-state index contributed by atoms with van der Waals surface area (Å²) in [6.45, 7) is 6.51. The molecule has 0 spiro atoms. The number of hydrogen-bond donors (Lipinski definition) is 1. The van der Waals surface area contributed by atoms with Crippen molar-refractivity contribution in [2.75, 3.05) is 40.3 Å². The van der Waals surface area contributed by atoms with Crippen LogP contribution < -0.4 is 5.32 Å². The molecule has 2 heterocycles. The molecule has 4 nitrogen and oxygen atoms in total. The first-order valence-corrected chi connectivity index (χ1v) is 8.27. The fraction of sp³-hybridized carbons (Fsp3) is 0.938. The molecule has 2 unspecified atom stereocenters. The second-order valence-electron chi connectivity index (χ2n) is 6.77. The van der Waals surface area contributed by atoms with E-state index in [0.29, 0.717) is 11.8 Å². The van der Waals surface area contributed by atoms with Gasteiger partial charge in [0.05, 0.1) is 6.04 Å². The van der Waals surface area contributed by atoms with Gasteiger partial charge < -0.3 is 15.1 Å². The number of rotatable bonds is 4. The van der Waals surface area contributed by atoms with E-state index in [9.17, 15) is 4.79 Å². The van der Waals surface area contributed by atoms with Crippen molar-refractivity contribution >= 4 is 5.91 Å². The summed E-state index contributed by atoms with van der Waals surface area (Å²) in [5.41, 5.74) is 0. The second-order valence-corrected chi connectivity index (χ2v) is 6.77. The van der Waals surface area contributed by atoms with E-state index >= 15 is 0 Å². The lowest BCUT2D eigenvalue weighted by Crippen LogP contribution is -2.50. The summed E-state index contributed by atoms with van der Waals surface area (Å²) in [4.78, 5) is 16.9. The normalized spacial score (nSPS) is 29.4. The first kappa shape index (κ1) is 15.8. The summed E-state index contributed by atoms with van der Waals surface area (Å²) >= 11 is 0. The minimum absolute atomic E-state index is 0.0602. The van der Waals surface area contributed by atoms with Crippen molar-refractivity contribution in [3.8, 4) is 0 Å². The standard InChI is InChI=1S/C16H31N3O/c1-4-13-5-8-17-15(11-13)16(20)19(3)12-14-6-9-18(2)10-7-14/h13-15,17H,4-12H2,1-3H3. The topological polar surface area (TPSA) is 35.6 Å². The highest BCUT2D eigenvalue weighted by molar-refractivity contribution is 5.81. The van der Waals surface area contributed by atoms with E-state index in [0.717, 1.165) is 25.4 Å². The molecule has 116 valence electrons. The Balaban J connectivity index is 1.79. The second kappa shape index (κ2) is 7.41. The number of likely N-dealkylation sites (tertiary alicyclic amines) is 1. The van der Waals surface area contributed by atoms with Crippen LogP contribution in [0, 0.1) is 11.8 Å². The zero-order valence-corrected chi connectivity index (χ0v) is 13.4. The zero-order chi connectivity index (χ0) is 14.5. The van der Waals surface area contributed by atoms with E-state index in [2.05, 4.69) is 24.2 Å². The lowest BCUT2D eigenvalue weighted by atomic mass is 9.89. The van der Waals surface area contributed by atoms with Crippen LogP contribution in [0.5, 0.6) is 0 Å². The Kier molecular flexibility index (Phi) is 5.85. The molecule has 0 bridgehead atoms. The van der Waals surface area contributed by atoms with E-state index < -0.39 is 0 Å². The zero-order valence-electron chi connectivity index (χ0n) is 13.4. The maximum atomic E-state index is 12.6. The monoisotopic (exact) mass is 281 g/mol. The predicted molar refractivity (Wildman–Crippen MR) is 82.7 cm³/mol. The maximum absolute atomic E-state index is 12.6. The quantitative estimate of drug-likeness (QED) is 0.849. The van der Waals surface area contributed by atoms with Gasteiger partial charge in [-0.2, -0.15) is 0 Å². The molecule has 1 amide bonds. The van der Waals surface area contributed by atoms with Gasteiger partial charge in [-0.25, -0.2) is 0 Å². The van der Waals surface area contributed by atoms with Crippen molar-refractivity contribution in [1.82, 2.24) is 15.1 Å². The number of likely N-dealkylation sites (N-methyl/N-ethyl adjacent to an activating group) is 1. The third-order valence-electron chi connectivity index (χ3n) is 5.13. The van der Waals surface area contributed by atoms with Crippen molar-refractivity contribution in [3.63, 3.8) is 0 Å². The Morgan fingerprint density at radius 3 is 2.60 bits per heavy atom. The molecular formula is C16H31N3O. The summed E-state index contributed by atoms with van der Waals surface area (Å²) in [6.07, 6.45) is 5.89. The van der Waals surface area contributed by atoms with Crippen molar-refractivity contribution < 1.29 is 4.79 Å². The lowest BCUT2D eigenvalue weighted by molar-refractivity contribution is -0.133. The average molecular weight is 281 g/mol. The molecule has 0 radical (unpaired) electrons. The van der Waals surface area contributed by atoms with Gasteiger partial charge >= 0.3 is 0 Å². The molecule has 2 aliphatic rings. The van der Waals surface area contributed by atoms with Gasteiger partial charge in [0.2, 0.25) is 5.91 Å². The Labute approximate surface area is 123 Å². The number of amides is 1. The van der Waals surface area contributed by atoms with Gasteiger partial charge in [0.1, 0.15) is 0 Å². The molecule has 0 aromatic heterocycles. The lowest BCUT2D eigenvalue weighted by Gasteiger charge is -2.35. The fourth-order valence-corrected chi connectivity index (χ4v) is 3.54. The fourth-order valence-electron chi connectivity index (χ4n) is 3.54. The Morgan fingerprint density at radius 1 is 1.25 bits per heavy atom. The average Bonchev–Trinajstić information content (AvgIpc) is 2.48. The van der Waals surface area contributed by atoms with Crippen LogP contribution in [0.4, 0.5) is 0 Å². The highest BCUT2D eigenvalue weighted by atomic mass is 16.2. The highest BCUT2D eigenvalue weighted by Crippen LogP contribution is 2.21. The van der Waals surface area contributed by atoms with Crippen LogP contribution in [-0.4, -0.2) is 62.0 Å². The van der Waals surface area contributed by atoms with Crippen molar-refractivity contribution in [3.05, 3.63) is 0 Å². The minimum Gasteiger partial charge on any atom is -0.344 e. The van der Waals surface area contributed by atoms with Gasteiger partial charge in [-0.05, 0) is 64.2 Å². The van der Waals surface area contributed by atoms with Crippen LogP contribution in [-0.2, 0) is 4.79 Å². The first-order valence-electron chi connectivity index (χ1n) is 8.27. The Bertz CT molecular complexity index is 313. The van der Waals surface area contributed by atoms with E-state index in [4.69, 9.17) is 0 Å². The van der Waals surface area contributed by atoms with Gasteiger partial charge in [0.25, 0.3) is 0 Å². The SMILES string of the molecule is CCC1CCNC(C(=O)N(C)CC2CCN(C)CC2)C1. The van der Waals surface area contributed by atoms with E-state index in [1.165, 1.54) is 38.8 Å². The number of nitrogens with one attached hydrogen (secondary N) is 1. The molecule has 4 heteroatoms. The van der Waals surface area contributed by atoms with Crippen LogP contribution in [0.25, 0.3) is 0 Å². The van der Waals surface area contributed by atoms with Gasteiger partial charge in [0.15, 0.2) is 0 Å².